The Kier molecular flexibility index (Phi) is 9.51. The fourth-order valence-corrected chi connectivity index (χ4v) is 8.18. The molecule has 3 N–H and O–H groups in total. The molecule has 1 aromatic heterocycles. The zero-order valence-corrected chi connectivity index (χ0v) is 30.8. The molecule has 2 aliphatic rings. The van der Waals surface area contributed by atoms with Crippen LogP contribution in [0, 0.1) is 6.92 Å². The summed E-state index contributed by atoms with van der Waals surface area (Å²) in [6.45, 7) is 3.58. The Morgan fingerprint density at radius 3 is 2.31 bits per heavy atom. The van der Waals surface area contributed by atoms with E-state index in [4.69, 9.17) is 40.5 Å². The van der Waals surface area contributed by atoms with Gasteiger partial charge in [-0.05, 0) is 90.6 Å². The number of nitrogens with zero attached hydrogens (tertiary/aromatic N) is 4. The van der Waals surface area contributed by atoms with Crippen LogP contribution < -0.4 is 15.4 Å². The molecule has 0 fully saturated rings. The summed E-state index contributed by atoms with van der Waals surface area (Å²) in [4.78, 5) is 43.5. The number of fused-ring (bicyclic) bond motifs is 2. The number of aromatic nitrogens is 2. The first-order valence-electron chi connectivity index (χ1n) is 16.2. The summed E-state index contributed by atoms with van der Waals surface area (Å²) >= 11 is 18.6. The minimum absolute atomic E-state index is 0.0255. The summed E-state index contributed by atoms with van der Waals surface area (Å²) < 4.78 is 30.6. The largest absolute Gasteiger partial charge is 0.367 e. The molecule has 0 radical (unpaired) electrons. The van der Waals surface area contributed by atoms with E-state index in [1.165, 1.54) is 28.9 Å². The molecule has 15 heteroatoms. The van der Waals surface area contributed by atoms with E-state index in [-0.39, 0.29) is 32.4 Å². The quantitative estimate of drug-likeness (QED) is 0.193. The second-order valence-corrected chi connectivity index (χ2v) is 15.5. The maximum atomic E-state index is 14.2. The Bertz CT molecular complexity index is 2410. The van der Waals surface area contributed by atoms with Crippen molar-refractivity contribution in [2.45, 2.75) is 37.8 Å². The van der Waals surface area contributed by atoms with Gasteiger partial charge in [-0.3, -0.25) is 14.4 Å². The van der Waals surface area contributed by atoms with Crippen molar-refractivity contribution in [1.82, 2.24) is 19.4 Å². The van der Waals surface area contributed by atoms with Crippen LogP contribution in [-0.2, 0) is 36.0 Å². The fraction of sp³-hybridized carbons (Fsp3) is 0.189. The van der Waals surface area contributed by atoms with Crippen molar-refractivity contribution in [3.8, 4) is 5.69 Å². The van der Waals surface area contributed by atoms with Crippen LogP contribution in [0.15, 0.2) is 83.8 Å². The van der Waals surface area contributed by atoms with E-state index >= 15 is 0 Å². The molecule has 0 aliphatic carbocycles. The third kappa shape index (κ3) is 6.74. The number of hydrogen-bond donors (Lipinski definition) is 2. The first-order chi connectivity index (χ1) is 24.8. The van der Waals surface area contributed by atoms with Crippen molar-refractivity contribution >= 4 is 68.2 Å². The molecule has 0 saturated carbocycles. The monoisotopic (exact) mass is 776 g/mol. The summed E-state index contributed by atoms with van der Waals surface area (Å²) in [6.07, 6.45) is 1.23. The van der Waals surface area contributed by atoms with E-state index in [2.05, 4.69) is 14.7 Å². The first-order valence-corrected chi connectivity index (χ1v) is 18.9. The Morgan fingerprint density at radius 2 is 1.58 bits per heavy atom. The molecule has 0 saturated heterocycles. The highest BCUT2D eigenvalue weighted by atomic mass is 35.5. The smallest absolute Gasteiger partial charge is 0.270 e. The van der Waals surface area contributed by atoms with E-state index in [1.807, 2.05) is 30.3 Å². The number of carbonyl (C=O) groups is 3. The number of benzene rings is 4. The van der Waals surface area contributed by atoms with E-state index in [0.717, 1.165) is 27.9 Å². The molecule has 3 amide bonds. The van der Waals surface area contributed by atoms with Gasteiger partial charge in [0.25, 0.3) is 27.7 Å². The SMILES string of the molecule is Cc1c(Cl)c(C(N)=O)nn1-c1ccc(C(=O)NS(=O)(=O)c2ccc3c(c2)CCN3Cc2ccc(Cl)c(Cl)c2)cc1C(=O)N1CCc2ccccc2C1. The van der Waals surface area contributed by atoms with Gasteiger partial charge >= 0.3 is 0 Å². The van der Waals surface area contributed by atoms with Gasteiger partial charge in [0.1, 0.15) is 0 Å². The van der Waals surface area contributed by atoms with Crippen LogP contribution in [0.2, 0.25) is 15.1 Å². The highest BCUT2D eigenvalue weighted by Crippen LogP contribution is 2.33. The highest BCUT2D eigenvalue weighted by molar-refractivity contribution is 7.90. The van der Waals surface area contributed by atoms with Gasteiger partial charge in [0, 0.05) is 37.4 Å². The Morgan fingerprint density at radius 1 is 0.846 bits per heavy atom. The zero-order valence-electron chi connectivity index (χ0n) is 27.7. The normalized spacial score (nSPS) is 13.8. The number of halogens is 3. The Balaban J connectivity index is 1.17. The summed E-state index contributed by atoms with van der Waals surface area (Å²) in [7, 11) is -4.32. The van der Waals surface area contributed by atoms with Gasteiger partial charge in [0.2, 0.25) is 0 Å². The van der Waals surface area contributed by atoms with E-state index in [0.29, 0.717) is 54.8 Å². The van der Waals surface area contributed by atoms with Gasteiger partial charge in [-0.1, -0.05) is 65.1 Å². The van der Waals surface area contributed by atoms with Crippen molar-refractivity contribution in [1.29, 1.82) is 0 Å². The lowest BCUT2D eigenvalue weighted by molar-refractivity contribution is 0.0734. The fourth-order valence-electron chi connectivity index (χ4n) is 6.62. The van der Waals surface area contributed by atoms with Gasteiger partial charge in [0.05, 0.1) is 36.9 Å². The summed E-state index contributed by atoms with van der Waals surface area (Å²) in [5.41, 5.74) is 10.7. The average Bonchev–Trinajstić information content (AvgIpc) is 3.67. The number of nitrogens with two attached hydrogens (primary N) is 1. The minimum atomic E-state index is -4.32. The molecule has 5 aromatic rings. The minimum Gasteiger partial charge on any atom is -0.367 e. The van der Waals surface area contributed by atoms with Gasteiger partial charge < -0.3 is 15.5 Å². The van der Waals surface area contributed by atoms with Crippen LogP contribution in [0.25, 0.3) is 5.69 Å². The molecule has 0 unspecified atom stereocenters. The van der Waals surface area contributed by atoms with Crippen molar-refractivity contribution < 1.29 is 22.8 Å². The lowest BCUT2D eigenvalue weighted by Gasteiger charge is -2.29. The van der Waals surface area contributed by atoms with E-state index < -0.39 is 27.7 Å². The lowest BCUT2D eigenvalue weighted by Crippen LogP contribution is -2.37. The highest BCUT2D eigenvalue weighted by Gasteiger charge is 2.29. The topological polar surface area (TPSA) is 148 Å². The van der Waals surface area contributed by atoms with Crippen molar-refractivity contribution in [3.05, 3.63) is 139 Å². The second kappa shape index (κ2) is 13.9. The summed E-state index contributed by atoms with van der Waals surface area (Å²) in [5, 5.41) is 5.22. The molecule has 7 rings (SSSR count). The van der Waals surface area contributed by atoms with Crippen LogP contribution in [0.4, 0.5) is 5.69 Å². The maximum absolute atomic E-state index is 14.2. The number of rotatable bonds is 8. The van der Waals surface area contributed by atoms with Crippen molar-refractivity contribution in [3.63, 3.8) is 0 Å². The number of amides is 3. The molecule has 11 nitrogen and oxygen atoms in total. The van der Waals surface area contributed by atoms with Gasteiger partial charge in [-0.15, -0.1) is 0 Å². The molecule has 4 aromatic carbocycles. The predicted octanol–water partition coefficient (Wildman–Crippen LogP) is 6.12. The number of hydrogen-bond acceptors (Lipinski definition) is 7. The van der Waals surface area contributed by atoms with Crippen LogP contribution in [0.3, 0.4) is 0 Å². The third-order valence-corrected chi connectivity index (χ3v) is 11.9. The molecule has 0 atom stereocenters. The predicted molar refractivity (Wildman–Crippen MR) is 199 cm³/mol. The number of anilines is 1. The lowest BCUT2D eigenvalue weighted by atomic mass is 9.98. The molecule has 0 spiro atoms. The zero-order chi connectivity index (χ0) is 36.9. The number of nitrogens with one attached hydrogen (secondary N) is 1. The molecular formula is C37H31Cl3N6O5S. The van der Waals surface area contributed by atoms with Gasteiger partial charge in [0.15, 0.2) is 5.69 Å². The number of carbonyl (C=O) groups excluding carboxylic acids is 3. The molecule has 266 valence electrons. The van der Waals surface area contributed by atoms with Crippen LogP contribution in [-0.4, -0.2) is 53.9 Å². The standard InChI is InChI=1S/C37H31Cl3N6O5S/c1-21-33(40)34(35(41)47)42-46(21)32-10-7-25(18-28(32)37(49)45-15-12-23-4-2-3-5-26(23)20-45)36(48)43-52(50,51)27-8-11-31-24(17-27)13-14-44(31)19-22-6-9-29(38)30(39)16-22/h2-11,16-18H,12-15,19-20H2,1H3,(H2,41,47)(H,43,48). The van der Waals surface area contributed by atoms with Crippen molar-refractivity contribution in [2.75, 3.05) is 18.0 Å². The Hall–Kier alpha value is -4.88. The van der Waals surface area contributed by atoms with Crippen LogP contribution in [0.1, 0.15) is 59.2 Å². The second-order valence-electron chi connectivity index (χ2n) is 12.6. The number of sulfonamides is 1. The molecule has 0 bridgehead atoms. The first kappa shape index (κ1) is 35.5. The van der Waals surface area contributed by atoms with E-state index in [9.17, 15) is 22.8 Å². The van der Waals surface area contributed by atoms with Gasteiger partial charge in [-0.25, -0.2) is 17.8 Å². The third-order valence-electron chi connectivity index (χ3n) is 9.35. The molecule has 2 aliphatic heterocycles. The maximum Gasteiger partial charge on any atom is 0.270 e. The molecule has 3 heterocycles. The number of primary amides is 1. The van der Waals surface area contributed by atoms with Gasteiger partial charge in [-0.2, -0.15) is 5.10 Å². The van der Waals surface area contributed by atoms with Crippen molar-refractivity contribution in [2.24, 2.45) is 5.73 Å². The van der Waals surface area contributed by atoms with Crippen LogP contribution >= 0.6 is 34.8 Å². The van der Waals surface area contributed by atoms with E-state index in [1.54, 1.807) is 36.1 Å². The Labute approximate surface area is 314 Å². The van der Waals surface area contributed by atoms with Crippen LogP contribution in [0.5, 0.6) is 0 Å². The summed E-state index contributed by atoms with van der Waals surface area (Å²) in [6, 6.07) is 22.2. The summed E-state index contributed by atoms with van der Waals surface area (Å²) in [5.74, 6) is -2.20. The molecule has 52 heavy (non-hydrogen) atoms. The average molecular weight is 778 g/mol. The molecular weight excluding hydrogens is 747 g/mol.